The molecule has 3 N–H and O–H groups in total. The number of anilines is 2. The summed E-state index contributed by atoms with van der Waals surface area (Å²) in [7, 11) is 1.64. The van der Waals surface area contributed by atoms with Crippen molar-refractivity contribution in [2.45, 2.75) is 12.1 Å². The molecule has 2 aromatic heterocycles. The summed E-state index contributed by atoms with van der Waals surface area (Å²) in [6.07, 6.45) is 1.78. The molecule has 0 fully saturated rings. The maximum atomic E-state index is 12.8. The molecule has 32 heavy (non-hydrogen) atoms. The molecule has 0 saturated carbocycles. The zero-order chi connectivity index (χ0) is 22.7. The van der Waals surface area contributed by atoms with Crippen LogP contribution >= 0.6 is 11.8 Å². The lowest BCUT2D eigenvalue weighted by atomic mass is 10.1. The number of carbonyl (C=O) groups excluding carboxylic acids is 2. The summed E-state index contributed by atoms with van der Waals surface area (Å²) < 4.78 is 1.44. The predicted octanol–water partition coefficient (Wildman–Crippen LogP) is 3.62. The summed E-state index contributed by atoms with van der Waals surface area (Å²) in [6.45, 7) is 1.43. The molecule has 0 spiro atoms. The van der Waals surface area contributed by atoms with E-state index >= 15 is 0 Å². The average Bonchev–Trinajstić information content (AvgIpc) is 3.21. The van der Waals surface area contributed by atoms with Gasteiger partial charge in [0.25, 0.3) is 5.56 Å². The van der Waals surface area contributed by atoms with Gasteiger partial charge in [0.2, 0.25) is 11.8 Å². The molecule has 0 bridgehead atoms. The second-order valence-electron chi connectivity index (χ2n) is 7.15. The number of H-pyrrole nitrogens is 1. The molecule has 2 heterocycles. The van der Waals surface area contributed by atoms with Crippen molar-refractivity contribution in [1.82, 2.24) is 14.5 Å². The van der Waals surface area contributed by atoms with Crippen molar-refractivity contribution in [3.05, 3.63) is 71.1 Å². The number of hydrogen-bond donors (Lipinski definition) is 3. The maximum absolute atomic E-state index is 12.8. The number of nitrogens with one attached hydrogen (secondary N) is 3. The summed E-state index contributed by atoms with van der Waals surface area (Å²) in [6, 6.07) is 16.5. The Morgan fingerprint density at radius 1 is 1.03 bits per heavy atom. The molecule has 162 valence electrons. The van der Waals surface area contributed by atoms with E-state index in [9.17, 15) is 14.4 Å². The van der Waals surface area contributed by atoms with Gasteiger partial charge in [-0.1, -0.05) is 42.1 Å². The summed E-state index contributed by atoms with van der Waals surface area (Å²) in [4.78, 5) is 44.0. The van der Waals surface area contributed by atoms with Crippen molar-refractivity contribution in [1.29, 1.82) is 0 Å². The van der Waals surface area contributed by atoms with Gasteiger partial charge in [0.15, 0.2) is 5.16 Å². The number of rotatable bonds is 6. The minimum absolute atomic E-state index is 0.0876. The first-order valence-electron chi connectivity index (χ1n) is 9.86. The van der Waals surface area contributed by atoms with Crippen LogP contribution in [0.1, 0.15) is 6.92 Å². The quantitative estimate of drug-likeness (QED) is 0.309. The van der Waals surface area contributed by atoms with Crippen molar-refractivity contribution < 1.29 is 9.59 Å². The van der Waals surface area contributed by atoms with Gasteiger partial charge in [0, 0.05) is 37.1 Å². The van der Waals surface area contributed by atoms with Gasteiger partial charge in [0.1, 0.15) is 11.0 Å². The van der Waals surface area contributed by atoms with Gasteiger partial charge in [-0.3, -0.25) is 19.0 Å². The van der Waals surface area contributed by atoms with Crippen molar-refractivity contribution in [2.24, 2.45) is 7.05 Å². The lowest BCUT2D eigenvalue weighted by molar-refractivity contribution is -0.114. The Balaban J connectivity index is 1.50. The molecule has 2 aromatic carbocycles. The summed E-state index contributed by atoms with van der Waals surface area (Å²) in [5, 5.41) is 5.93. The van der Waals surface area contributed by atoms with Gasteiger partial charge < -0.3 is 15.6 Å². The Hall–Kier alpha value is -3.85. The standard InChI is InChI=1S/C23H21N5O3S/c1-14(29)25-16-8-10-17(11-9-16)26-19(30)13-32-23-27-20-18(15-6-4-3-5-7-15)12-24-21(20)22(31)28(23)2/h3-12,24H,13H2,1-2H3,(H,25,29)(H,26,30). The van der Waals surface area contributed by atoms with E-state index in [-0.39, 0.29) is 23.1 Å². The zero-order valence-corrected chi connectivity index (χ0v) is 18.3. The van der Waals surface area contributed by atoms with E-state index < -0.39 is 0 Å². The number of thioether (sulfide) groups is 1. The SMILES string of the molecule is CC(=O)Nc1ccc(NC(=O)CSc2nc3c(-c4ccccc4)c[nH]c3c(=O)n2C)cc1. The average molecular weight is 448 g/mol. The third-order valence-corrected chi connectivity index (χ3v) is 5.80. The van der Waals surface area contributed by atoms with Crippen LogP contribution in [0.2, 0.25) is 0 Å². The Labute approximate surface area is 188 Å². The van der Waals surface area contributed by atoms with E-state index in [4.69, 9.17) is 0 Å². The lowest BCUT2D eigenvalue weighted by Crippen LogP contribution is -2.21. The molecule has 9 heteroatoms. The number of aromatic amines is 1. The number of hydrogen-bond acceptors (Lipinski definition) is 5. The molecular formula is C23H21N5O3S. The van der Waals surface area contributed by atoms with Gasteiger partial charge in [-0.15, -0.1) is 0 Å². The van der Waals surface area contributed by atoms with E-state index in [0.717, 1.165) is 11.1 Å². The van der Waals surface area contributed by atoms with Crippen LogP contribution in [0.3, 0.4) is 0 Å². The van der Waals surface area contributed by atoms with E-state index in [1.807, 2.05) is 30.3 Å². The van der Waals surface area contributed by atoms with E-state index in [1.165, 1.54) is 23.3 Å². The Morgan fingerprint density at radius 2 is 1.69 bits per heavy atom. The van der Waals surface area contributed by atoms with Gasteiger partial charge in [-0.2, -0.15) is 0 Å². The molecule has 0 aliphatic heterocycles. The maximum Gasteiger partial charge on any atom is 0.278 e. The highest BCUT2D eigenvalue weighted by Gasteiger charge is 2.16. The third kappa shape index (κ3) is 4.57. The monoisotopic (exact) mass is 447 g/mol. The number of benzene rings is 2. The normalized spacial score (nSPS) is 10.8. The molecule has 2 amide bonds. The molecule has 8 nitrogen and oxygen atoms in total. The number of fused-ring (bicyclic) bond motifs is 1. The third-order valence-electron chi connectivity index (χ3n) is 4.77. The number of aromatic nitrogens is 3. The highest BCUT2D eigenvalue weighted by Crippen LogP contribution is 2.27. The van der Waals surface area contributed by atoms with Gasteiger partial charge in [0.05, 0.1) is 5.75 Å². The fraction of sp³-hybridized carbons (Fsp3) is 0.130. The van der Waals surface area contributed by atoms with E-state index in [1.54, 1.807) is 37.5 Å². The topological polar surface area (TPSA) is 109 Å². The first kappa shape index (κ1) is 21.4. The summed E-state index contributed by atoms with van der Waals surface area (Å²) >= 11 is 1.19. The second kappa shape index (κ2) is 9.11. The predicted molar refractivity (Wildman–Crippen MR) is 127 cm³/mol. The molecule has 0 aliphatic carbocycles. The highest BCUT2D eigenvalue weighted by atomic mass is 32.2. The molecule has 0 atom stereocenters. The Bertz CT molecular complexity index is 1340. The van der Waals surface area contributed by atoms with Crippen molar-refractivity contribution in [2.75, 3.05) is 16.4 Å². The first-order chi connectivity index (χ1) is 15.4. The summed E-state index contributed by atoms with van der Waals surface area (Å²) in [5.41, 5.74) is 3.86. The minimum atomic E-state index is -0.228. The van der Waals surface area contributed by atoms with Crippen LogP contribution in [0, 0.1) is 0 Å². The van der Waals surface area contributed by atoms with Crippen LogP contribution in [0.25, 0.3) is 22.2 Å². The Kier molecular flexibility index (Phi) is 6.09. The molecular weight excluding hydrogens is 426 g/mol. The molecule has 0 unspecified atom stereocenters. The lowest BCUT2D eigenvalue weighted by Gasteiger charge is -2.09. The van der Waals surface area contributed by atoms with Crippen molar-refractivity contribution >= 4 is 46.0 Å². The largest absolute Gasteiger partial charge is 0.355 e. The van der Waals surface area contributed by atoms with Gasteiger partial charge in [-0.05, 0) is 29.8 Å². The molecule has 0 radical (unpaired) electrons. The zero-order valence-electron chi connectivity index (χ0n) is 17.5. The molecule has 0 aliphatic rings. The van der Waals surface area contributed by atoms with Gasteiger partial charge in [-0.25, -0.2) is 4.98 Å². The van der Waals surface area contributed by atoms with Gasteiger partial charge >= 0.3 is 0 Å². The summed E-state index contributed by atoms with van der Waals surface area (Å²) in [5.74, 6) is -0.301. The van der Waals surface area contributed by atoms with Crippen LogP contribution in [-0.4, -0.2) is 32.1 Å². The van der Waals surface area contributed by atoms with Crippen LogP contribution < -0.4 is 16.2 Å². The van der Waals surface area contributed by atoms with Crippen LogP contribution in [0.15, 0.2) is 70.7 Å². The van der Waals surface area contributed by atoms with Crippen molar-refractivity contribution in [3.63, 3.8) is 0 Å². The van der Waals surface area contributed by atoms with E-state index in [0.29, 0.717) is 27.6 Å². The molecule has 4 aromatic rings. The fourth-order valence-corrected chi connectivity index (χ4v) is 4.02. The van der Waals surface area contributed by atoms with Crippen molar-refractivity contribution in [3.8, 4) is 11.1 Å². The van der Waals surface area contributed by atoms with Crippen LogP contribution in [0.4, 0.5) is 11.4 Å². The molecule has 4 rings (SSSR count). The number of carbonyl (C=O) groups is 2. The van der Waals surface area contributed by atoms with Crippen LogP contribution in [-0.2, 0) is 16.6 Å². The highest BCUT2D eigenvalue weighted by molar-refractivity contribution is 7.99. The van der Waals surface area contributed by atoms with Crippen LogP contribution in [0.5, 0.6) is 0 Å². The first-order valence-corrected chi connectivity index (χ1v) is 10.8. The smallest absolute Gasteiger partial charge is 0.278 e. The number of amides is 2. The minimum Gasteiger partial charge on any atom is -0.355 e. The fourth-order valence-electron chi connectivity index (χ4n) is 3.25. The second-order valence-corrected chi connectivity index (χ2v) is 8.09. The van der Waals surface area contributed by atoms with E-state index in [2.05, 4.69) is 20.6 Å². The number of nitrogens with zero attached hydrogens (tertiary/aromatic N) is 2. The Morgan fingerprint density at radius 3 is 2.34 bits per heavy atom. The molecule has 0 saturated heterocycles.